The summed E-state index contributed by atoms with van der Waals surface area (Å²) in [4.78, 5) is 8.52. The Balaban J connectivity index is 1.85. The van der Waals surface area contributed by atoms with Gasteiger partial charge < -0.3 is 4.57 Å². The molecule has 3 heterocycles. The molecule has 0 fully saturated rings. The summed E-state index contributed by atoms with van der Waals surface area (Å²) in [5.74, 6) is 0.796. The van der Waals surface area contributed by atoms with E-state index in [0.717, 1.165) is 33.0 Å². The maximum atomic E-state index is 6.11. The highest BCUT2D eigenvalue weighted by Gasteiger charge is 2.10. The fourth-order valence-electron chi connectivity index (χ4n) is 2.55. The Labute approximate surface area is 131 Å². The van der Waals surface area contributed by atoms with E-state index in [1.165, 1.54) is 11.9 Å². The molecule has 1 aromatic carbocycles. The number of aromatic nitrogens is 5. The van der Waals surface area contributed by atoms with Gasteiger partial charge in [0.1, 0.15) is 6.33 Å². The second-order valence-corrected chi connectivity index (χ2v) is 5.53. The van der Waals surface area contributed by atoms with Crippen molar-refractivity contribution in [2.75, 3.05) is 0 Å². The van der Waals surface area contributed by atoms with Crippen molar-refractivity contribution in [1.29, 1.82) is 0 Å². The van der Waals surface area contributed by atoms with Gasteiger partial charge in [-0.2, -0.15) is 5.10 Å². The van der Waals surface area contributed by atoms with Gasteiger partial charge in [-0.3, -0.25) is 5.10 Å². The Morgan fingerprint density at radius 3 is 3.00 bits per heavy atom. The van der Waals surface area contributed by atoms with Crippen molar-refractivity contribution in [3.63, 3.8) is 0 Å². The van der Waals surface area contributed by atoms with Crippen molar-refractivity contribution in [2.45, 2.75) is 6.92 Å². The van der Waals surface area contributed by atoms with Crippen LogP contribution in [0.4, 0.5) is 0 Å². The van der Waals surface area contributed by atoms with E-state index in [9.17, 15) is 0 Å². The van der Waals surface area contributed by atoms with Gasteiger partial charge in [0.05, 0.1) is 11.6 Å². The minimum absolute atomic E-state index is 0.721. The summed E-state index contributed by atoms with van der Waals surface area (Å²) in [5.41, 5.74) is 4.11. The predicted molar refractivity (Wildman–Crippen MR) is 86.2 cm³/mol. The molecule has 0 spiro atoms. The summed E-state index contributed by atoms with van der Waals surface area (Å²) in [6.45, 7) is 2.07. The molecule has 0 bridgehead atoms. The van der Waals surface area contributed by atoms with Crippen molar-refractivity contribution in [3.05, 3.63) is 59.8 Å². The fourth-order valence-corrected chi connectivity index (χ4v) is 2.72. The first-order valence-corrected chi connectivity index (χ1v) is 7.19. The van der Waals surface area contributed by atoms with E-state index in [4.69, 9.17) is 11.6 Å². The highest BCUT2D eigenvalue weighted by molar-refractivity contribution is 6.30. The molecule has 3 aromatic heterocycles. The van der Waals surface area contributed by atoms with Crippen molar-refractivity contribution < 1.29 is 0 Å². The first-order chi connectivity index (χ1) is 10.7. The lowest BCUT2D eigenvalue weighted by Gasteiger charge is -2.05. The molecule has 6 heteroatoms. The first kappa shape index (κ1) is 13.0. The highest BCUT2D eigenvalue weighted by atomic mass is 35.5. The van der Waals surface area contributed by atoms with E-state index < -0.39 is 0 Å². The van der Waals surface area contributed by atoms with Gasteiger partial charge in [0.2, 0.25) is 0 Å². The Kier molecular flexibility index (Phi) is 2.94. The van der Waals surface area contributed by atoms with Gasteiger partial charge >= 0.3 is 0 Å². The van der Waals surface area contributed by atoms with Crippen molar-refractivity contribution in [1.82, 2.24) is 24.7 Å². The van der Waals surface area contributed by atoms with Gasteiger partial charge in [-0.25, -0.2) is 9.97 Å². The van der Waals surface area contributed by atoms with Gasteiger partial charge in [-0.1, -0.05) is 17.7 Å². The second kappa shape index (κ2) is 4.96. The Hall–Kier alpha value is -2.66. The molecule has 0 saturated carbocycles. The van der Waals surface area contributed by atoms with E-state index in [-0.39, 0.29) is 0 Å². The number of rotatable bonds is 2. The SMILES string of the molecule is Cc1ccc(Cl)cc1-c1ccn(-c2ncnc3[nH]ncc23)c1. The molecule has 1 N–H and O–H groups in total. The lowest BCUT2D eigenvalue weighted by atomic mass is 10.0. The molecule has 4 rings (SSSR count). The summed E-state index contributed by atoms with van der Waals surface area (Å²) in [6.07, 6.45) is 7.27. The van der Waals surface area contributed by atoms with Gasteiger partial charge in [-0.05, 0) is 36.2 Å². The normalized spacial score (nSPS) is 11.2. The van der Waals surface area contributed by atoms with Crippen LogP contribution in [0.25, 0.3) is 28.0 Å². The number of nitrogens with one attached hydrogen (secondary N) is 1. The average molecular weight is 310 g/mol. The molecule has 0 radical (unpaired) electrons. The van der Waals surface area contributed by atoms with Gasteiger partial charge in [0, 0.05) is 23.0 Å². The number of hydrogen-bond donors (Lipinski definition) is 1. The number of halogens is 1. The number of benzene rings is 1. The number of nitrogens with zero attached hydrogens (tertiary/aromatic N) is 4. The summed E-state index contributed by atoms with van der Waals surface area (Å²) in [7, 11) is 0. The minimum atomic E-state index is 0.721. The van der Waals surface area contributed by atoms with E-state index in [0.29, 0.717) is 0 Å². The van der Waals surface area contributed by atoms with Crippen LogP contribution in [-0.2, 0) is 0 Å². The molecule has 0 saturated heterocycles. The molecule has 108 valence electrons. The summed E-state index contributed by atoms with van der Waals surface area (Å²) in [5, 5.41) is 8.48. The molecule has 0 atom stereocenters. The molecule has 0 aliphatic carbocycles. The number of aromatic amines is 1. The van der Waals surface area contributed by atoms with Crippen LogP contribution in [0.2, 0.25) is 5.02 Å². The summed E-state index contributed by atoms with van der Waals surface area (Å²) in [6, 6.07) is 7.95. The van der Waals surface area contributed by atoms with Crippen molar-refractivity contribution in [3.8, 4) is 16.9 Å². The van der Waals surface area contributed by atoms with Crippen LogP contribution in [-0.4, -0.2) is 24.7 Å². The average Bonchev–Trinajstić information content (AvgIpc) is 3.17. The van der Waals surface area contributed by atoms with E-state index in [2.05, 4.69) is 27.1 Å². The largest absolute Gasteiger partial charge is 0.307 e. The molecule has 0 aliphatic heterocycles. The number of aryl methyl sites for hydroxylation is 1. The first-order valence-electron chi connectivity index (χ1n) is 6.81. The highest BCUT2D eigenvalue weighted by Crippen LogP contribution is 2.28. The smallest absolute Gasteiger partial charge is 0.160 e. The maximum Gasteiger partial charge on any atom is 0.160 e. The number of hydrogen-bond acceptors (Lipinski definition) is 3. The third-order valence-electron chi connectivity index (χ3n) is 3.68. The third kappa shape index (κ3) is 2.07. The fraction of sp³-hybridized carbons (Fsp3) is 0.0625. The van der Waals surface area contributed by atoms with Crippen LogP contribution in [0, 0.1) is 6.92 Å². The minimum Gasteiger partial charge on any atom is -0.307 e. The standard InChI is InChI=1S/C16H12ClN5/c1-10-2-3-12(17)6-13(10)11-4-5-22(8-11)16-14-7-20-21-15(14)18-9-19-16/h2-9H,1H3,(H,18,19,20,21). The molecule has 22 heavy (non-hydrogen) atoms. The quantitative estimate of drug-likeness (QED) is 0.613. The van der Waals surface area contributed by atoms with Crippen LogP contribution in [0.3, 0.4) is 0 Å². The van der Waals surface area contributed by atoms with Gasteiger partial charge in [0.15, 0.2) is 11.5 Å². The Morgan fingerprint density at radius 2 is 2.09 bits per heavy atom. The van der Waals surface area contributed by atoms with Crippen molar-refractivity contribution >= 4 is 22.6 Å². The lowest BCUT2D eigenvalue weighted by molar-refractivity contribution is 1.00. The van der Waals surface area contributed by atoms with Crippen LogP contribution >= 0.6 is 11.6 Å². The van der Waals surface area contributed by atoms with Crippen LogP contribution in [0.1, 0.15) is 5.56 Å². The molecular formula is C16H12ClN5. The van der Waals surface area contributed by atoms with E-state index in [1.54, 1.807) is 6.20 Å². The zero-order valence-corrected chi connectivity index (χ0v) is 12.5. The summed E-state index contributed by atoms with van der Waals surface area (Å²) >= 11 is 6.11. The molecule has 0 aliphatic rings. The number of fused-ring (bicyclic) bond motifs is 1. The Bertz CT molecular complexity index is 970. The lowest BCUT2D eigenvalue weighted by Crippen LogP contribution is -1.95. The Morgan fingerprint density at radius 1 is 1.18 bits per heavy atom. The van der Waals surface area contributed by atoms with Crippen LogP contribution in [0.15, 0.2) is 49.2 Å². The number of H-pyrrole nitrogens is 1. The molecule has 4 aromatic rings. The van der Waals surface area contributed by atoms with Crippen LogP contribution < -0.4 is 0 Å². The monoisotopic (exact) mass is 309 g/mol. The molecule has 5 nitrogen and oxygen atoms in total. The van der Waals surface area contributed by atoms with E-state index >= 15 is 0 Å². The van der Waals surface area contributed by atoms with Crippen molar-refractivity contribution in [2.24, 2.45) is 0 Å². The zero-order chi connectivity index (χ0) is 15.1. The maximum absolute atomic E-state index is 6.11. The zero-order valence-electron chi connectivity index (χ0n) is 11.8. The topological polar surface area (TPSA) is 59.4 Å². The molecular weight excluding hydrogens is 298 g/mol. The summed E-state index contributed by atoms with van der Waals surface area (Å²) < 4.78 is 1.97. The molecule has 0 amide bonds. The molecule has 0 unspecified atom stereocenters. The predicted octanol–water partition coefficient (Wildman–Crippen LogP) is 3.77. The second-order valence-electron chi connectivity index (χ2n) is 5.10. The van der Waals surface area contributed by atoms with Crippen LogP contribution in [0.5, 0.6) is 0 Å². The third-order valence-corrected chi connectivity index (χ3v) is 3.91. The van der Waals surface area contributed by atoms with E-state index in [1.807, 2.05) is 41.2 Å². The van der Waals surface area contributed by atoms with Gasteiger partial charge in [0.25, 0.3) is 0 Å². The van der Waals surface area contributed by atoms with Gasteiger partial charge in [-0.15, -0.1) is 0 Å².